The Morgan fingerprint density at radius 3 is 2.79 bits per heavy atom. The van der Waals surface area contributed by atoms with Gasteiger partial charge in [-0.15, -0.1) is 5.10 Å². The molecule has 1 aromatic heterocycles. The van der Waals surface area contributed by atoms with Crippen LogP contribution >= 0.6 is 15.9 Å². The highest BCUT2D eigenvalue weighted by molar-refractivity contribution is 9.10. The Kier molecular flexibility index (Phi) is 3.99. The second-order valence-corrected chi connectivity index (χ2v) is 5.42. The summed E-state index contributed by atoms with van der Waals surface area (Å²) in [5.74, 6) is 0.755. The van der Waals surface area contributed by atoms with Crippen molar-refractivity contribution in [3.05, 3.63) is 39.9 Å². The van der Waals surface area contributed by atoms with E-state index in [1.807, 2.05) is 39.0 Å². The van der Waals surface area contributed by atoms with Crippen molar-refractivity contribution in [3.63, 3.8) is 0 Å². The molecular weight excluding hydrogens is 308 g/mol. The van der Waals surface area contributed by atoms with Crippen LogP contribution in [0.1, 0.15) is 41.8 Å². The van der Waals surface area contributed by atoms with E-state index < -0.39 is 0 Å². The summed E-state index contributed by atoms with van der Waals surface area (Å²) in [6, 6.07) is 5.63. The van der Waals surface area contributed by atoms with Gasteiger partial charge in [-0.3, -0.25) is 9.89 Å². The minimum Gasteiger partial charge on any atom is -0.319 e. The second kappa shape index (κ2) is 5.52. The molecule has 0 radical (unpaired) electrons. The molecule has 19 heavy (non-hydrogen) atoms. The van der Waals surface area contributed by atoms with Crippen LogP contribution in [0.25, 0.3) is 0 Å². The lowest BCUT2D eigenvalue weighted by Gasteiger charge is -2.07. The minimum atomic E-state index is -0.315. The number of H-pyrrole nitrogens is 1. The van der Waals surface area contributed by atoms with E-state index >= 15 is 0 Å². The van der Waals surface area contributed by atoms with E-state index in [0.717, 1.165) is 15.7 Å². The van der Waals surface area contributed by atoms with Crippen molar-refractivity contribution in [2.75, 3.05) is 5.32 Å². The third-order valence-electron chi connectivity index (χ3n) is 2.77. The average Bonchev–Trinajstić information content (AvgIpc) is 2.84. The number of halogens is 1. The van der Waals surface area contributed by atoms with E-state index in [9.17, 15) is 4.79 Å². The summed E-state index contributed by atoms with van der Waals surface area (Å²) in [6.45, 7) is 5.90. The number of carbonyl (C=O) groups excluding carboxylic acids is 1. The summed E-state index contributed by atoms with van der Waals surface area (Å²) in [7, 11) is 0. The van der Waals surface area contributed by atoms with Crippen molar-refractivity contribution in [2.45, 2.75) is 26.7 Å². The fourth-order valence-corrected chi connectivity index (χ4v) is 1.92. The monoisotopic (exact) mass is 322 g/mol. The lowest BCUT2D eigenvalue weighted by Crippen LogP contribution is -2.14. The number of hydrogen-bond acceptors (Lipinski definition) is 3. The Balaban J connectivity index is 2.18. The first kappa shape index (κ1) is 13.7. The van der Waals surface area contributed by atoms with Crippen LogP contribution in [0.2, 0.25) is 0 Å². The summed E-state index contributed by atoms with van der Waals surface area (Å²) < 4.78 is 0.947. The highest BCUT2D eigenvalue weighted by atomic mass is 79.9. The lowest BCUT2D eigenvalue weighted by molar-refractivity contribution is 0.101. The van der Waals surface area contributed by atoms with Gasteiger partial charge in [-0.1, -0.05) is 35.8 Å². The largest absolute Gasteiger partial charge is 0.319 e. The Morgan fingerprint density at radius 2 is 2.16 bits per heavy atom. The molecule has 5 nitrogen and oxygen atoms in total. The molecule has 6 heteroatoms. The van der Waals surface area contributed by atoms with E-state index in [1.165, 1.54) is 0 Å². The Morgan fingerprint density at radius 1 is 1.42 bits per heavy atom. The number of anilines is 1. The molecule has 0 fully saturated rings. The first-order valence-corrected chi connectivity index (χ1v) is 6.77. The van der Waals surface area contributed by atoms with Gasteiger partial charge < -0.3 is 5.32 Å². The molecule has 0 saturated carbocycles. The highest BCUT2D eigenvalue weighted by Crippen LogP contribution is 2.23. The molecule has 0 aliphatic carbocycles. The van der Waals surface area contributed by atoms with Crippen LogP contribution in [-0.2, 0) is 0 Å². The zero-order valence-electron chi connectivity index (χ0n) is 11.0. The first-order valence-electron chi connectivity index (χ1n) is 5.97. The Labute approximate surface area is 120 Å². The summed E-state index contributed by atoms with van der Waals surface area (Å²) in [5, 5.41) is 9.50. The quantitative estimate of drug-likeness (QED) is 0.911. The second-order valence-electron chi connectivity index (χ2n) is 4.57. The molecule has 1 amide bonds. The van der Waals surface area contributed by atoms with Crippen molar-refractivity contribution >= 4 is 27.5 Å². The molecule has 0 unspecified atom stereocenters. The predicted molar refractivity (Wildman–Crippen MR) is 77.3 cm³/mol. The molecule has 2 aromatic rings. The standard InChI is InChI=1S/C13H15BrN4O/c1-7(2)11-16-12(18-17-11)13(19)15-10-6-4-5-9(14)8(10)3/h4-7H,1-3H3,(H,15,19)(H,16,17,18). The van der Waals surface area contributed by atoms with Crippen LogP contribution in [0.3, 0.4) is 0 Å². The molecule has 0 bridgehead atoms. The van der Waals surface area contributed by atoms with Crippen LogP contribution in [0.4, 0.5) is 5.69 Å². The lowest BCUT2D eigenvalue weighted by atomic mass is 10.2. The summed E-state index contributed by atoms with van der Waals surface area (Å²) in [4.78, 5) is 16.2. The van der Waals surface area contributed by atoms with Gasteiger partial charge in [0.05, 0.1) is 0 Å². The van der Waals surface area contributed by atoms with E-state index in [4.69, 9.17) is 0 Å². The van der Waals surface area contributed by atoms with E-state index in [2.05, 4.69) is 36.4 Å². The molecule has 1 heterocycles. The van der Waals surface area contributed by atoms with Gasteiger partial charge in [-0.25, -0.2) is 4.98 Å². The van der Waals surface area contributed by atoms with Gasteiger partial charge in [-0.2, -0.15) is 0 Å². The maximum atomic E-state index is 12.0. The zero-order valence-corrected chi connectivity index (χ0v) is 12.6. The van der Waals surface area contributed by atoms with Crippen molar-refractivity contribution in [1.82, 2.24) is 15.2 Å². The van der Waals surface area contributed by atoms with E-state index in [0.29, 0.717) is 5.82 Å². The molecule has 0 spiro atoms. The van der Waals surface area contributed by atoms with Crippen molar-refractivity contribution in [2.24, 2.45) is 0 Å². The SMILES string of the molecule is Cc1c(Br)cccc1NC(=O)c1n[nH]c(C(C)C)n1. The number of aromatic nitrogens is 3. The fourth-order valence-electron chi connectivity index (χ4n) is 1.56. The predicted octanol–water partition coefficient (Wildman–Crippen LogP) is 3.25. The van der Waals surface area contributed by atoms with Crippen LogP contribution in [0, 0.1) is 6.92 Å². The van der Waals surface area contributed by atoms with Crippen molar-refractivity contribution < 1.29 is 4.79 Å². The molecule has 0 aliphatic rings. The third-order valence-corrected chi connectivity index (χ3v) is 3.63. The number of hydrogen-bond donors (Lipinski definition) is 2. The van der Waals surface area contributed by atoms with Gasteiger partial charge in [0, 0.05) is 16.1 Å². The maximum absolute atomic E-state index is 12.0. The highest BCUT2D eigenvalue weighted by Gasteiger charge is 2.15. The fraction of sp³-hybridized carbons (Fsp3) is 0.308. The number of carbonyl (C=O) groups is 1. The summed E-state index contributed by atoms with van der Waals surface area (Å²) in [6.07, 6.45) is 0. The molecule has 2 rings (SSSR count). The molecule has 0 aliphatic heterocycles. The Bertz CT molecular complexity index is 606. The number of rotatable bonds is 3. The van der Waals surface area contributed by atoms with Crippen molar-refractivity contribution in [3.8, 4) is 0 Å². The Hall–Kier alpha value is -1.69. The number of benzene rings is 1. The van der Waals surface area contributed by atoms with Gasteiger partial charge in [0.15, 0.2) is 0 Å². The van der Waals surface area contributed by atoms with Gasteiger partial charge >= 0.3 is 0 Å². The topological polar surface area (TPSA) is 70.7 Å². The first-order chi connectivity index (χ1) is 8.99. The molecule has 0 saturated heterocycles. The molecule has 1 aromatic carbocycles. The molecule has 0 atom stereocenters. The average molecular weight is 323 g/mol. The minimum absolute atomic E-state index is 0.156. The molecule has 2 N–H and O–H groups in total. The smallest absolute Gasteiger partial charge is 0.295 e. The zero-order chi connectivity index (χ0) is 14.0. The number of nitrogens with one attached hydrogen (secondary N) is 2. The van der Waals surface area contributed by atoms with Crippen LogP contribution in [0.5, 0.6) is 0 Å². The van der Waals surface area contributed by atoms with Gasteiger partial charge in [0.1, 0.15) is 5.82 Å². The summed E-state index contributed by atoms with van der Waals surface area (Å²) >= 11 is 3.43. The number of amides is 1. The maximum Gasteiger partial charge on any atom is 0.295 e. The summed E-state index contributed by atoms with van der Waals surface area (Å²) in [5.41, 5.74) is 1.71. The third kappa shape index (κ3) is 3.01. The van der Waals surface area contributed by atoms with E-state index in [-0.39, 0.29) is 17.6 Å². The molecule has 100 valence electrons. The normalized spacial score (nSPS) is 10.8. The van der Waals surface area contributed by atoms with E-state index in [1.54, 1.807) is 0 Å². The van der Waals surface area contributed by atoms with Gasteiger partial charge in [-0.05, 0) is 24.6 Å². The molecular formula is C13H15BrN4O. The van der Waals surface area contributed by atoms with Gasteiger partial charge in [0.25, 0.3) is 5.91 Å². The van der Waals surface area contributed by atoms with Crippen LogP contribution in [-0.4, -0.2) is 21.1 Å². The number of aromatic amines is 1. The number of nitrogens with zero attached hydrogens (tertiary/aromatic N) is 2. The van der Waals surface area contributed by atoms with Crippen LogP contribution in [0.15, 0.2) is 22.7 Å². The van der Waals surface area contributed by atoms with Gasteiger partial charge in [0.2, 0.25) is 5.82 Å². The van der Waals surface area contributed by atoms with Crippen molar-refractivity contribution in [1.29, 1.82) is 0 Å². The van der Waals surface area contributed by atoms with Crippen LogP contribution < -0.4 is 5.32 Å².